The van der Waals surface area contributed by atoms with E-state index in [1.807, 2.05) is 30.3 Å². The molecule has 0 unspecified atom stereocenters. The number of nitro benzene ring substituents is 1. The minimum Gasteiger partial charge on any atom is -0.392 e. The number of nitro groups is 1. The van der Waals surface area contributed by atoms with Gasteiger partial charge in [0.15, 0.2) is 0 Å². The second kappa shape index (κ2) is 5.49. The molecule has 0 atom stereocenters. The Bertz CT molecular complexity index is 584. The standard InChI is InChI=1S/C14H14N2O3/c1-15(12-5-3-2-4-6-12)13-8-7-11(10-17)9-14(13)16(18)19/h2-9,17H,10H2,1H3. The summed E-state index contributed by atoms with van der Waals surface area (Å²) in [5.74, 6) is 0. The first-order valence-corrected chi connectivity index (χ1v) is 5.80. The molecule has 98 valence electrons. The zero-order valence-corrected chi connectivity index (χ0v) is 10.5. The molecule has 0 heterocycles. The van der Waals surface area contributed by atoms with Crippen molar-refractivity contribution in [1.82, 2.24) is 0 Å². The molecule has 5 nitrogen and oxygen atoms in total. The molecule has 0 spiro atoms. The lowest BCUT2D eigenvalue weighted by Gasteiger charge is -2.19. The van der Waals surface area contributed by atoms with Crippen LogP contribution >= 0.6 is 0 Å². The van der Waals surface area contributed by atoms with Crippen molar-refractivity contribution in [2.24, 2.45) is 0 Å². The van der Waals surface area contributed by atoms with Crippen LogP contribution in [0.2, 0.25) is 0 Å². The van der Waals surface area contributed by atoms with E-state index in [0.29, 0.717) is 11.3 Å². The van der Waals surface area contributed by atoms with Gasteiger partial charge in [0.25, 0.3) is 5.69 Å². The van der Waals surface area contributed by atoms with Crippen LogP contribution in [-0.4, -0.2) is 17.1 Å². The van der Waals surface area contributed by atoms with Crippen molar-refractivity contribution in [1.29, 1.82) is 0 Å². The Labute approximate surface area is 110 Å². The van der Waals surface area contributed by atoms with Crippen molar-refractivity contribution in [3.05, 3.63) is 64.2 Å². The first-order valence-electron chi connectivity index (χ1n) is 5.80. The van der Waals surface area contributed by atoms with E-state index in [-0.39, 0.29) is 12.3 Å². The summed E-state index contributed by atoms with van der Waals surface area (Å²) >= 11 is 0. The first kappa shape index (κ1) is 13.0. The number of para-hydroxylation sites is 1. The van der Waals surface area contributed by atoms with E-state index in [9.17, 15) is 10.1 Å². The first-order chi connectivity index (χ1) is 9.13. The summed E-state index contributed by atoms with van der Waals surface area (Å²) in [5.41, 5.74) is 1.87. The van der Waals surface area contributed by atoms with Gasteiger partial charge in [0.1, 0.15) is 5.69 Å². The molecule has 1 N–H and O–H groups in total. The van der Waals surface area contributed by atoms with Crippen molar-refractivity contribution in [3.63, 3.8) is 0 Å². The Morgan fingerprint density at radius 2 is 1.89 bits per heavy atom. The molecule has 0 amide bonds. The fraction of sp³-hybridized carbons (Fsp3) is 0.143. The van der Waals surface area contributed by atoms with Crippen LogP contribution in [0.25, 0.3) is 0 Å². The Kier molecular flexibility index (Phi) is 3.77. The van der Waals surface area contributed by atoms with E-state index in [1.54, 1.807) is 24.1 Å². The molecule has 0 fully saturated rings. The lowest BCUT2D eigenvalue weighted by Crippen LogP contribution is -2.11. The van der Waals surface area contributed by atoms with E-state index >= 15 is 0 Å². The average Bonchev–Trinajstić information content (AvgIpc) is 2.46. The second-order valence-corrected chi connectivity index (χ2v) is 4.13. The minimum atomic E-state index is -0.437. The van der Waals surface area contributed by atoms with Gasteiger partial charge in [-0.25, -0.2) is 0 Å². The summed E-state index contributed by atoms with van der Waals surface area (Å²) < 4.78 is 0. The normalized spacial score (nSPS) is 10.2. The summed E-state index contributed by atoms with van der Waals surface area (Å²) in [6, 6.07) is 14.1. The van der Waals surface area contributed by atoms with Crippen molar-refractivity contribution in [2.75, 3.05) is 11.9 Å². The van der Waals surface area contributed by atoms with Crippen LogP contribution in [0.1, 0.15) is 5.56 Å². The second-order valence-electron chi connectivity index (χ2n) is 4.13. The smallest absolute Gasteiger partial charge is 0.293 e. The summed E-state index contributed by atoms with van der Waals surface area (Å²) in [6.07, 6.45) is 0. The maximum atomic E-state index is 11.1. The molecule has 19 heavy (non-hydrogen) atoms. The van der Waals surface area contributed by atoms with Crippen molar-refractivity contribution in [2.45, 2.75) is 6.61 Å². The van der Waals surface area contributed by atoms with Gasteiger partial charge in [-0.15, -0.1) is 0 Å². The van der Waals surface area contributed by atoms with Crippen LogP contribution in [0.15, 0.2) is 48.5 Å². The molecule has 2 aromatic rings. The fourth-order valence-electron chi connectivity index (χ4n) is 1.89. The average molecular weight is 258 g/mol. The number of anilines is 2. The highest BCUT2D eigenvalue weighted by Crippen LogP contribution is 2.32. The number of hydrogen-bond acceptors (Lipinski definition) is 4. The molecule has 5 heteroatoms. The largest absolute Gasteiger partial charge is 0.392 e. The van der Waals surface area contributed by atoms with Gasteiger partial charge in [0, 0.05) is 18.8 Å². The molecule has 2 aromatic carbocycles. The van der Waals surface area contributed by atoms with Crippen LogP contribution in [0.4, 0.5) is 17.1 Å². The van der Waals surface area contributed by atoms with Gasteiger partial charge in [-0.1, -0.05) is 24.3 Å². The highest BCUT2D eigenvalue weighted by molar-refractivity contribution is 5.72. The molecular weight excluding hydrogens is 244 g/mol. The predicted molar refractivity (Wildman–Crippen MR) is 73.5 cm³/mol. The van der Waals surface area contributed by atoms with Crippen molar-refractivity contribution in [3.8, 4) is 0 Å². The van der Waals surface area contributed by atoms with Crippen molar-refractivity contribution < 1.29 is 10.0 Å². The summed E-state index contributed by atoms with van der Waals surface area (Å²) in [6.45, 7) is -0.212. The lowest BCUT2D eigenvalue weighted by atomic mass is 10.1. The summed E-state index contributed by atoms with van der Waals surface area (Å²) in [4.78, 5) is 12.4. The third-order valence-electron chi connectivity index (χ3n) is 2.92. The van der Waals surface area contributed by atoms with Crippen molar-refractivity contribution >= 4 is 17.1 Å². The number of hydrogen-bond donors (Lipinski definition) is 1. The quantitative estimate of drug-likeness (QED) is 0.676. The Morgan fingerprint density at radius 1 is 1.21 bits per heavy atom. The summed E-state index contributed by atoms with van der Waals surface area (Å²) in [5, 5.41) is 20.2. The van der Waals surface area contributed by atoms with Crippen LogP contribution < -0.4 is 4.90 Å². The van der Waals surface area contributed by atoms with E-state index in [0.717, 1.165) is 5.69 Å². The van der Waals surface area contributed by atoms with Gasteiger partial charge in [0.2, 0.25) is 0 Å². The third kappa shape index (κ3) is 2.71. The number of rotatable bonds is 4. The molecule has 0 aliphatic heterocycles. The molecule has 0 saturated heterocycles. The Balaban J connectivity index is 2.47. The Morgan fingerprint density at radius 3 is 2.47 bits per heavy atom. The summed E-state index contributed by atoms with van der Waals surface area (Å²) in [7, 11) is 1.77. The molecule has 0 radical (unpaired) electrons. The van der Waals surface area contributed by atoms with Gasteiger partial charge in [0.05, 0.1) is 11.5 Å². The van der Waals surface area contributed by atoms with Gasteiger partial charge >= 0.3 is 0 Å². The van der Waals surface area contributed by atoms with E-state index < -0.39 is 4.92 Å². The number of aliphatic hydroxyl groups excluding tert-OH is 1. The van der Waals surface area contributed by atoms with Crippen LogP contribution in [-0.2, 0) is 6.61 Å². The maximum Gasteiger partial charge on any atom is 0.293 e. The maximum absolute atomic E-state index is 11.1. The minimum absolute atomic E-state index is 0.0158. The highest BCUT2D eigenvalue weighted by atomic mass is 16.6. The topological polar surface area (TPSA) is 66.6 Å². The zero-order chi connectivity index (χ0) is 13.8. The SMILES string of the molecule is CN(c1ccccc1)c1ccc(CO)cc1[N+](=O)[O-]. The van der Waals surface area contributed by atoms with E-state index in [4.69, 9.17) is 5.11 Å². The Hall–Kier alpha value is -2.40. The number of nitrogens with zero attached hydrogens (tertiary/aromatic N) is 2. The molecule has 0 aromatic heterocycles. The lowest BCUT2D eigenvalue weighted by molar-refractivity contribution is -0.384. The zero-order valence-electron chi connectivity index (χ0n) is 10.5. The number of aliphatic hydroxyl groups is 1. The highest BCUT2D eigenvalue weighted by Gasteiger charge is 2.18. The molecular formula is C14H14N2O3. The van der Waals surface area contributed by atoms with Crippen LogP contribution in [0.5, 0.6) is 0 Å². The van der Waals surface area contributed by atoms with E-state index in [1.165, 1.54) is 6.07 Å². The molecule has 0 aliphatic rings. The monoisotopic (exact) mass is 258 g/mol. The van der Waals surface area contributed by atoms with E-state index in [2.05, 4.69) is 0 Å². The number of benzene rings is 2. The molecule has 0 bridgehead atoms. The van der Waals surface area contributed by atoms with Gasteiger partial charge < -0.3 is 10.0 Å². The molecule has 0 aliphatic carbocycles. The van der Waals surface area contributed by atoms with Crippen LogP contribution in [0, 0.1) is 10.1 Å². The van der Waals surface area contributed by atoms with Gasteiger partial charge in [-0.3, -0.25) is 10.1 Å². The third-order valence-corrected chi connectivity index (χ3v) is 2.92. The van der Waals surface area contributed by atoms with Gasteiger partial charge in [-0.05, 0) is 23.8 Å². The van der Waals surface area contributed by atoms with Gasteiger partial charge in [-0.2, -0.15) is 0 Å². The molecule has 2 rings (SSSR count). The van der Waals surface area contributed by atoms with Crippen LogP contribution in [0.3, 0.4) is 0 Å². The molecule has 0 saturated carbocycles. The fourth-order valence-corrected chi connectivity index (χ4v) is 1.89. The predicted octanol–water partition coefficient (Wildman–Crippen LogP) is 2.86.